The van der Waals surface area contributed by atoms with Crippen LogP contribution in [0, 0.1) is 0 Å². The Kier molecular flexibility index (Phi) is 4.62. The quantitative estimate of drug-likeness (QED) is 0.787. The summed E-state index contributed by atoms with van der Waals surface area (Å²) in [6.45, 7) is 2.43. The minimum atomic E-state index is -1.08. The van der Waals surface area contributed by atoms with Crippen molar-refractivity contribution in [1.29, 1.82) is 0 Å². The Labute approximate surface area is 123 Å². The van der Waals surface area contributed by atoms with E-state index >= 15 is 0 Å². The van der Waals surface area contributed by atoms with Crippen LogP contribution in [0.2, 0.25) is 0 Å². The lowest BCUT2D eigenvalue weighted by atomic mass is 9.77. The van der Waals surface area contributed by atoms with Gasteiger partial charge in [-0.1, -0.05) is 18.2 Å². The minimum absolute atomic E-state index is 0.400. The molecule has 0 aromatic heterocycles. The molecule has 0 saturated heterocycles. The van der Waals surface area contributed by atoms with Gasteiger partial charge in [0.15, 0.2) is 0 Å². The number of hydrogen-bond donors (Lipinski definition) is 2. The lowest BCUT2D eigenvalue weighted by Crippen LogP contribution is -2.58. The molecule has 0 heterocycles. The second kappa shape index (κ2) is 6.43. The Morgan fingerprint density at radius 3 is 2.67 bits per heavy atom. The predicted octanol–water partition coefficient (Wildman–Crippen LogP) is 2.22. The summed E-state index contributed by atoms with van der Waals surface area (Å²) in [5.41, 5.74) is -0.298. The van der Waals surface area contributed by atoms with Crippen LogP contribution < -0.4 is 10.1 Å². The van der Waals surface area contributed by atoms with Crippen LogP contribution in [0.25, 0.3) is 6.08 Å². The molecule has 1 aliphatic rings. The van der Waals surface area contributed by atoms with Gasteiger partial charge in [0, 0.05) is 11.6 Å². The summed E-state index contributed by atoms with van der Waals surface area (Å²) in [5, 5.41) is 11.8. The van der Waals surface area contributed by atoms with E-state index in [2.05, 4.69) is 5.32 Å². The van der Waals surface area contributed by atoms with Crippen LogP contribution in [-0.4, -0.2) is 29.1 Å². The van der Waals surface area contributed by atoms with Gasteiger partial charge in [-0.05, 0) is 38.3 Å². The molecule has 1 aromatic rings. The highest BCUT2D eigenvalue weighted by Gasteiger charge is 2.45. The lowest BCUT2D eigenvalue weighted by molar-refractivity contribution is -0.151. The maximum Gasteiger partial charge on any atom is 0.329 e. The number of carboxylic acids is 1. The third-order valence-electron chi connectivity index (χ3n) is 3.61. The number of aliphatic carboxylic acids is 1. The molecule has 112 valence electrons. The standard InChI is InChI=1S/C16H19NO4/c1-2-21-13-7-4-3-6-12(13)8-9-14(18)17-16(15(19)20)10-5-11-16/h3-4,6-9H,2,5,10-11H2,1H3,(H,17,18)(H,19,20)/b9-8+. The van der Waals surface area contributed by atoms with E-state index in [4.69, 9.17) is 4.74 Å². The number of para-hydroxylation sites is 1. The Hall–Kier alpha value is -2.30. The molecular weight excluding hydrogens is 270 g/mol. The van der Waals surface area contributed by atoms with Gasteiger partial charge in [0.25, 0.3) is 0 Å². The van der Waals surface area contributed by atoms with Gasteiger partial charge >= 0.3 is 5.97 Å². The van der Waals surface area contributed by atoms with E-state index < -0.39 is 17.4 Å². The van der Waals surface area contributed by atoms with Gasteiger partial charge in [-0.25, -0.2) is 4.79 Å². The van der Waals surface area contributed by atoms with Crippen molar-refractivity contribution < 1.29 is 19.4 Å². The van der Waals surface area contributed by atoms with Crippen LogP contribution in [0.4, 0.5) is 0 Å². The van der Waals surface area contributed by atoms with Crippen molar-refractivity contribution in [2.24, 2.45) is 0 Å². The predicted molar refractivity (Wildman–Crippen MR) is 79.0 cm³/mol. The van der Waals surface area contributed by atoms with Crippen LogP contribution in [0.3, 0.4) is 0 Å². The van der Waals surface area contributed by atoms with E-state index in [-0.39, 0.29) is 0 Å². The fourth-order valence-electron chi connectivity index (χ4n) is 2.27. The van der Waals surface area contributed by atoms with Crippen LogP contribution in [0.15, 0.2) is 30.3 Å². The first kappa shape index (κ1) is 15.1. The number of hydrogen-bond acceptors (Lipinski definition) is 3. The summed E-state index contributed by atoms with van der Waals surface area (Å²) < 4.78 is 5.46. The molecule has 1 aromatic carbocycles. The van der Waals surface area contributed by atoms with Gasteiger partial charge in [-0.3, -0.25) is 4.79 Å². The zero-order chi connectivity index (χ0) is 15.3. The summed E-state index contributed by atoms with van der Waals surface area (Å²) >= 11 is 0. The number of rotatable bonds is 6. The molecule has 2 N–H and O–H groups in total. The average molecular weight is 289 g/mol. The van der Waals surface area contributed by atoms with Crippen molar-refractivity contribution in [2.75, 3.05) is 6.61 Å². The number of ether oxygens (including phenoxy) is 1. The summed E-state index contributed by atoms with van der Waals surface area (Å²) in [6, 6.07) is 7.37. The molecule has 21 heavy (non-hydrogen) atoms. The van der Waals surface area contributed by atoms with E-state index in [0.717, 1.165) is 12.0 Å². The van der Waals surface area contributed by atoms with Crippen molar-refractivity contribution in [2.45, 2.75) is 31.7 Å². The van der Waals surface area contributed by atoms with Gasteiger partial charge < -0.3 is 15.2 Å². The van der Waals surface area contributed by atoms with Crippen LogP contribution in [0.1, 0.15) is 31.7 Å². The highest BCUT2D eigenvalue weighted by molar-refractivity contribution is 5.96. The number of amides is 1. The minimum Gasteiger partial charge on any atom is -0.493 e. The summed E-state index contributed by atoms with van der Waals surface area (Å²) in [5.74, 6) is -0.672. The van der Waals surface area contributed by atoms with Crippen LogP contribution >= 0.6 is 0 Å². The Bertz CT molecular complexity index is 561. The number of nitrogens with one attached hydrogen (secondary N) is 1. The largest absolute Gasteiger partial charge is 0.493 e. The fourth-order valence-corrected chi connectivity index (χ4v) is 2.27. The highest BCUT2D eigenvalue weighted by Crippen LogP contribution is 2.32. The molecule has 1 saturated carbocycles. The molecule has 0 aliphatic heterocycles. The summed E-state index contributed by atoms with van der Waals surface area (Å²) in [7, 11) is 0. The third kappa shape index (κ3) is 3.42. The molecule has 1 fully saturated rings. The number of carbonyl (C=O) groups excluding carboxylic acids is 1. The maximum atomic E-state index is 11.9. The zero-order valence-corrected chi connectivity index (χ0v) is 12.0. The lowest BCUT2D eigenvalue weighted by Gasteiger charge is -2.37. The van der Waals surface area contributed by atoms with E-state index in [9.17, 15) is 14.7 Å². The molecule has 0 spiro atoms. The topological polar surface area (TPSA) is 75.6 Å². The van der Waals surface area contributed by atoms with Gasteiger partial charge in [0.1, 0.15) is 11.3 Å². The average Bonchev–Trinajstić information content (AvgIpc) is 2.42. The Morgan fingerprint density at radius 2 is 2.10 bits per heavy atom. The smallest absolute Gasteiger partial charge is 0.329 e. The second-order valence-corrected chi connectivity index (χ2v) is 5.03. The fraction of sp³-hybridized carbons (Fsp3) is 0.375. The molecule has 0 bridgehead atoms. The van der Waals surface area contributed by atoms with E-state index in [1.807, 2.05) is 31.2 Å². The molecular formula is C16H19NO4. The molecule has 2 rings (SSSR count). The van der Waals surface area contributed by atoms with E-state index in [1.54, 1.807) is 6.08 Å². The van der Waals surface area contributed by atoms with Gasteiger partial charge in [0.2, 0.25) is 5.91 Å². The van der Waals surface area contributed by atoms with Gasteiger partial charge in [-0.2, -0.15) is 0 Å². The third-order valence-corrected chi connectivity index (χ3v) is 3.61. The zero-order valence-electron chi connectivity index (χ0n) is 12.0. The van der Waals surface area contributed by atoms with Crippen molar-refractivity contribution in [3.05, 3.63) is 35.9 Å². The molecule has 0 atom stereocenters. The van der Waals surface area contributed by atoms with Crippen molar-refractivity contribution in [3.63, 3.8) is 0 Å². The SMILES string of the molecule is CCOc1ccccc1/C=C/C(=O)NC1(C(=O)O)CCC1. The molecule has 5 nitrogen and oxygen atoms in total. The van der Waals surface area contributed by atoms with Gasteiger partial charge in [0.05, 0.1) is 6.61 Å². The van der Waals surface area contributed by atoms with E-state index in [1.165, 1.54) is 6.08 Å². The number of benzene rings is 1. The van der Waals surface area contributed by atoms with Gasteiger partial charge in [-0.15, -0.1) is 0 Å². The first-order valence-corrected chi connectivity index (χ1v) is 7.03. The number of carbonyl (C=O) groups is 2. The molecule has 1 amide bonds. The first-order valence-electron chi connectivity index (χ1n) is 7.03. The molecule has 1 aliphatic carbocycles. The molecule has 0 radical (unpaired) electrons. The molecule has 0 unspecified atom stereocenters. The maximum absolute atomic E-state index is 11.9. The monoisotopic (exact) mass is 289 g/mol. The Morgan fingerprint density at radius 1 is 1.38 bits per heavy atom. The Balaban J connectivity index is 2.04. The van der Waals surface area contributed by atoms with E-state index in [0.29, 0.717) is 25.2 Å². The van der Waals surface area contributed by atoms with Crippen molar-refractivity contribution in [1.82, 2.24) is 5.32 Å². The van der Waals surface area contributed by atoms with Crippen LogP contribution in [0.5, 0.6) is 5.75 Å². The highest BCUT2D eigenvalue weighted by atomic mass is 16.5. The number of carboxylic acid groups (broad SMARTS) is 1. The first-order chi connectivity index (χ1) is 10.1. The van der Waals surface area contributed by atoms with Crippen molar-refractivity contribution >= 4 is 18.0 Å². The normalized spacial score (nSPS) is 16.2. The summed E-state index contributed by atoms with van der Waals surface area (Å²) in [6.07, 6.45) is 4.77. The molecule has 5 heteroatoms. The summed E-state index contributed by atoms with van der Waals surface area (Å²) in [4.78, 5) is 23.1. The second-order valence-electron chi connectivity index (χ2n) is 5.03. The van der Waals surface area contributed by atoms with Crippen molar-refractivity contribution in [3.8, 4) is 5.75 Å². The van der Waals surface area contributed by atoms with Crippen LogP contribution in [-0.2, 0) is 9.59 Å².